The monoisotopic (exact) mass is 308 g/mol. The van der Waals surface area contributed by atoms with Crippen LogP contribution in [0.1, 0.15) is 35.0 Å². The number of carbonyl (C=O) groups is 1. The molecule has 1 aliphatic carbocycles. The van der Waals surface area contributed by atoms with Crippen LogP contribution in [0.3, 0.4) is 0 Å². The summed E-state index contributed by atoms with van der Waals surface area (Å²) < 4.78 is 5.26. The molecular formula is C13H9ClN2O5. The first-order valence-electron chi connectivity index (χ1n) is 6.15. The number of hydrogen-bond donors (Lipinski definition) is 1. The van der Waals surface area contributed by atoms with Crippen LogP contribution in [0.5, 0.6) is 0 Å². The number of aromatic carboxylic acids is 1. The van der Waals surface area contributed by atoms with E-state index in [4.69, 9.17) is 21.1 Å². The van der Waals surface area contributed by atoms with Crippen molar-refractivity contribution in [3.8, 4) is 11.5 Å². The highest BCUT2D eigenvalue weighted by atomic mass is 35.5. The van der Waals surface area contributed by atoms with Gasteiger partial charge >= 0.3 is 5.97 Å². The van der Waals surface area contributed by atoms with Gasteiger partial charge in [0.05, 0.1) is 10.6 Å². The summed E-state index contributed by atoms with van der Waals surface area (Å²) in [7, 11) is 0. The van der Waals surface area contributed by atoms with Crippen LogP contribution in [0.4, 0.5) is 5.69 Å². The Morgan fingerprint density at radius 3 is 2.71 bits per heavy atom. The summed E-state index contributed by atoms with van der Waals surface area (Å²) in [6.45, 7) is 0. The van der Waals surface area contributed by atoms with E-state index in [9.17, 15) is 14.9 Å². The van der Waals surface area contributed by atoms with Crippen LogP contribution >= 0.6 is 11.6 Å². The topological polar surface area (TPSA) is 106 Å². The van der Waals surface area contributed by atoms with E-state index in [-0.39, 0.29) is 33.8 Å². The van der Waals surface area contributed by atoms with E-state index in [1.807, 2.05) is 0 Å². The van der Waals surface area contributed by atoms with Gasteiger partial charge in [-0.25, -0.2) is 9.78 Å². The molecule has 0 spiro atoms. The minimum Gasteiger partial charge on any atom is -0.475 e. The summed E-state index contributed by atoms with van der Waals surface area (Å²) in [4.78, 5) is 25.6. The molecule has 0 radical (unpaired) electrons. The maximum Gasteiger partial charge on any atom is 0.373 e. The fourth-order valence-corrected chi connectivity index (χ4v) is 2.27. The lowest BCUT2D eigenvalue weighted by Crippen LogP contribution is -1.98. The molecule has 1 saturated carbocycles. The van der Waals surface area contributed by atoms with E-state index in [1.165, 1.54) is 18.2 Å². The molecule has 1 fully saturated rings. The van der Waals surface area contributed by atoms with Gasteiger partial charge in [-0.2, -0.15) is 0 Å². The van der Waals surface area contributed by atoms with Crippen molar-refractivity contribution < 1.29 is 19.2 Å². The Morgan fingerprint density at radius 1 is 1.43 bits per heavy atom. The predicted octanol–water partition coefficient (Wildman–Crippen LogP) is 3.48. The van der Waals surface area contributed by atoms with Crippen molar-refractivity contribution in [2.24, 2.45) is 0 Å². The summed E-state index contributed by atoms with van der Waals surface area (Å²) in [5.41, 5.74) is 0.462. The molecule has 3 rings (SSSR count). The van der Waals surface area contributed by atoms with Gasteiger partial charge in [0.2, 0.25) is 11.7 Å². The fourth-order valence-electron chi connectivity index (χ4n) is 2.05. The molecule has 0 aliphatic heterocycles. The Balaban J connectivity index is 2.10. The zero-order valence-electron chi connectivity index (χ0n) is 10.6. The van der Waals surface area contributed by atoms with E-state index >= 15 is 0 Å². The average molecular weight is 309 g/mol. The number of halogens is 1. The summed E-state index contributed by atoms with van der Waals surface area (Å²) in [5, 5.41) is 20.1. The lowest BCUT2D eigenvalue weighted by Gasteiger charge is -1.97. The van der Waals surface area contributed by atoms with E-state index < -0.39 is 10.9 Å². The molecule has 1 heterocycles. The second-order valence-corrected chi connectivity index (χ2v) is 5.20. The zero-order valence-corrected chi connectivity index (χ0v) is 11.3. The number of hydrogen-bond acceptors (Lipinski definition) is 5. The van der Waals surface area contributed by atoms with Gasteiger partial charge in [-0.05, 0) is 18.9 Å². The number of nitro benzene ring substituents is 1. The van der Waals surface area contributed by atoms with Crippen LogP contribution in [0, 0.1) is 10.1 Å². The first-order chi connectivity index (χ1) is 9.95. The molecule has 7 nitrogen and oxygen atoms in total. The molecule has 0 unspecified atom stereocenters. The zero-order chi connectivity index (χ0) is 15.1. The summed E-state index contributed by atoms with van der Waals surface area (Å²) in [6, 6.07) is 3.90. The van der Waals surface area contributed by atoms with E-state index in [1.54, 1.807) is 0 Å². The number of oxazole rings is 1. The quantitative estimate of drug-likeness (QED) is 0.684. The number of benzene rings is 1. The number of nitrogens with zero attached hydrogens (tertiary/aromatic N) is 2. The molecule has 1 aromatic heterocycles. The van der Waals surface area contributed by atoms with Gasteiger partial charge in [-0.3, -0.25) is 10.1 Å². The van der Waals surface area contributed by atoms with E-state index in [0.717, 1.165) is 12.8 Å². The van der Waals surface area contributed by atoms with Crippen molar-refractivity contribution in [2.75, 3.05) is 0 Å². The highest BCUT2D eigenvalue weighted by molar-refractivity contribution is 6.31. The molecule has 0 amide bonds. The molecule has 1 aliphatic rings. The minimum absolute atomic E-state index is 0.0277. The van der Waals surface area contributed by atoms with E-state index in [2.05, 4.69) is 4.98 Å². The van der Waals surface area contributed by atoms with Gasteiger partial charge in [0, 0.05) is 28.6 Å². The first-order valence-corrected chi connectivity index (χ1v) is 6.53. The Hall–Kier alpha value is -2.41. The molecule has 1 aromatic carbocycles. The molecule has 1 N–H and O–H groups in total. The highest BCUT2D eigenvalue weighted by Gasteiger charge is 2.34. The lowest BCUT2D eigenvalue weighted by molar-refractivity contribution is -0.384. The third-order valence-corrected chi connectivity index (χ3v) is 3.37. The van der Waals surface area contributed by atoms with Gasteiger partial charge in [0.15, 0.2) is 0 Å². The van der Waals surface area contributed by atoms with E-state index in [0.29, 0.717) is 5.69 Å². The summed E-state index contributed by atoms with van der Waals surface area (Å²) in [5.74, 6) is -1.30. The Bertz CT molecular complexity index is 751. The van der Waals surface area contributed by atoms with Gasteiger partial charge in [-0.15, -0.1) is 0 Å². The standard InChI is InChI=1S/C13H9ClN2O5/c14-8-3-7(4-9(5-8)16(19)20)12-15-10(6-1-2-6)11(21-12)13(17)18/h3-6H,1-2H2,(H,17,18). The van der Waals surface area contributed by atoms with Crippen molar-refractivity contribution in [2.45, 2.75) is 18.8 Å². The molecule has 108 valence electrons. The fraction of sp³-hybridized carbons (Fsp3) is 0.231. The van der Waals surface area contributed by atoms with Crippen molar-refractivity contribution in [1.82, 2.24) is 4.98 Å². The summed E-state index contributed by atoms with van der Waals surface area (Å²) >= 11 is 5.84. The molecule has 0 atom stereocenters. The van der Waals surface area contributed by atoms with Crippen molar-refractivity contribution in [3.05, 3.63) is 44.8 Å². The van der Waals surface area contributed by atoms with Crippen molar-refractivity contribution in [1.29, 1.82) is 0 Å². The van der Waals surface area contributed by atoms with Crippen LogP contribution in [0.2, 0.25) is 5.02 Å². The Kier molecular flexibility index (Phi) is 3.13. The predicted molar refractivity (Wildman–Crippen MR) is 72.5 cm³/mol. The summed E-state index contributed by atoms with van der Waals surface area (Å²) in [6.07, 6.45) is 1.73. The van der Waals surface area contributed by atoms with Crippen molar-refractivity contribution >= 4 is 23.3 Å². The second kappa shape index (κ2) is 4.85. The van der Waals surface area contributed by atoms with Gasteiger partial charge in [0.25, 0.3) is 5.69 Å². The average Bonchev–Trinajstić information content (AvgIpc) is 3.16. The van der Waals surface area contributed by atoms with Crippen LogP contribution in [-0.2, 0) is 0 Å². The molecule has 8 heteroatoms. The maximum absolute atomic E-state index is 11.2. The largest absolute Gasteiger partial charge is 0.475 e. The number of carboxylic acids is 1. The van der Waals surface area contributed by atoms with Crippen LogP contribution in [0.25, 0.3) is 11.5 Å². The molecule has 21 heavy (non-hydrogen) atoms. The molecule has 0 bridgehead atoms. The van der Waals surface area contributed by atoms with Gasteiger partial charge < -0.3 is 9.52 Å². The van der Waals surface area contributed by atoms with Gasteiger partial charge in [-0.1, -0.05) is 11.6 Å². The smallest absolute Gasteiger partial charge is 0.373 e. The van der Waals surface area contributed by atoms with Crippen LogP contribution in [0.15, 0.2) is 22.6 Å². The second-order valence-electron chi connectivity index (χ2n) is 4.77. The Morgan fingerprint density at radius 2 is 2.14 bits per heavy atom. The SMILES string of the molecule is O=C(O)c1oc(-c2cc(Cl)cc([N+](=O)[O-])c2)nc1C1CC1. The third-order valence-electron chi connectivity index (χ3n) is 3.15. The first kappa shape index (κ1) is 13.6. The lowest BCUT2D eigenvalue weighted by atomic mass is 10.2. The molecule has 2 aromatic rings. The number of nitro groups is 1. The molecular weight excluding hydrogens is 300 g/mol. The number of aromatic nitrogens is 1. The highest BCUT2D eigenvalue weighted by Crippen LogP contribution is 2.42. The molecule has 0 saturated heterocycles. The Labute approximate surface area is 123 Å². The normalized spacial score (nSPS) is 14.1. The number of rotatable bonds is 4. The van der Waals surface area contributed by atoms with Crippen molar-refractivity contribution in [3.63, 3.8) is 0 Å². The van der Waals surface area contributed by atoms with Crippen LogP contribution < -0.4 is 0 Å². The number of carboxylic acid groups (broad SMARTS) is 1. The third kappa shape index (κ3) is 2.59. The minimum atomic E-state index is -1.20. The maximum atomic E-state index is 11.2. The van der Waals surface area contributed by atoms with Gasteiger partial charge in [0.1, 0.15) is 0 Å². The number of non-ortho nitro benzene ring substituents is 1. The van der Waals surface area contributed by atoms with Crippen LogP contribution in [-0.4, -0.2) is 21.0 Å².